The molecule has 0 saturated heterocycles. The van der Waals surface area contributed by atoms with E-state index in [4.69, 9.17) is 0 Å². The number of anilines is 1. The third-order valence-electron chi connectivity index (χ3n) is 3.29. The lowest BCUT2D eigenvalue weighted by Crippen LogP contribution is -2.16. The van der Waals surface area contributed by atoms with E-state index in [0.29, 0.717) is 15.4 Å². The summed E-state index contributed by atoms with van der Waals surface area (Å²) >= 11 is 2.57. The number of fused-ring (bicyclic) bond motifs is 1. The second-order valence-electron chi connectivity index (χ2n) is 5.16. The first-order valence-electron chi connectivity index (χ1n) is 7.00. The Hall–Kier alpha value is -2.12. The molecule has 0 radical (unpaired) electrons. The molecule has 0 spiro atoms. The molecule has 118 valence electrons. The summed E-state index contributed by atoms with van der Waals surface area (Å²) in [6.07, 6.45) is 0. The lowest BCUT2D eigenvalue weighted by Gasteiger charge is -2.08. The highest BCUT2D eigenvalue weighted by molar-refractivity contribution is 7.99. The van der Waals surface area contributed by atoms with Gasteiger partial charge in [-0.05, 0) is 36.9 Å². The fourth-order valence-electron chi connectivity index (χ4n) is 2.19. The van der Waals surface area contributed by atoms with E-state index in [2.05, 4.69) is 15.3 Å². The summed E-state index contributed by atoms with van der Waals surface area (Å²) in [5, 5.41) is 5.16. The molecule has 0 fully saturated rings. The van der Waals surface area contributed by atoms with Crippen molar-refractivity contribution >= 4 is 44.9 Å². The van der Waals surface area contributed by atoms with Crippen LogP contribution in [0.25, 0.3) is 10.2 Å². The number of H-pyrrole nitrogens is 1. The third kappa shape index (κ3) is 3.62. The molecule has 0 aliphatic rings. The lowest BCUT2D eigenvalue weighted by atomic mass is 10.1. The fraction of sp³-hybridized carbons (Fsp3) is 0.188. The van der Waals surface area contributed by atoms with Gasteiger partial charge in [0, 0.05) is 5.69 Å². The number of nitrogens with zero attached hydrogens (tertiary/aromatic N) is 1. The highest BCUT2D eigenvalue weighted by Crippen LogP contribution is 2.20. The zero-order valence-electron chi connectivity index (χ0n) is 12.7. The van der Waals surface area contributed by atoms with Crippen LogP contribution in [0.5, 0.6) is 0 Å². The van der Waals surface area contributed by atoms with Crippen LogP contribution in [0.15, 0.2) is 39.6 Å². The van der Waals surface area contributed by atoms with E-state index in [1.165, 1.54) is 23.1 Å². The summed E-state index contributed by atoms with van der Waals surface area (Å²) in [7, 11) is 0. The summed E-state index contributed by atoms with van der Waals surface area (Å²) in [4.78, 5) is 31.0. The van der Waals surface area contributed by atoms with Gasteiger partial charge in [-0.1, -0.05) is 29.5 Å². The first-order chi connectivity index (χ1) is 11.0. The Morgan fingerprint density at radius 1 is 1.35 bits per heavy atom. The van der Waals surface area contributed by atoms with Gasteiger partial charge >= 0.3 is 0 Å². The van der Waals surface area contributed by atoms with Gasteiger partial charge in [0.25, 0.3) is 5.56 Å². The topological polar surface area (TPSA) is 74.8 Å². The molecule has 0 atom stereocenters. The normalized spacial score (nSPS) is 10.9. The maximum absolute atomic E-state index is 12.1. The summed E-state index contributed by atoms with van der Waals surface area (Å²) < 4.78 is 0.606. The van der Waals surface area contributed by atoms with Gasteiger partial charge in [0.2, 0.25) is 5.91 Å². The molecular formula is C16H15N3O2S2. The number of rotatable bonds is 4. The predicted molar refractivity (Wildman–Crippen MR) is 95.5 cm³/mol. The molecule has 2 aromatic heterocycles. The summed E-state index contributed by atoms with van der Waals surface area (Å²) in [6.45, 7) is 3.97. The number of amides is 1. The van der Waals surface area contributed by atoms with Gasteiger partial charge in [0.15, 0.2) is 5.16 Å². The molecule has 2 N–H and O–H groups in total. The molecular weight excluding hydrogens is 330 g/mol. The van der Waals surface area contributed by atoms with Gasteiger partial charge in [-0.3, -0.25) is 9.59 Å². The maximum atomic E-state index is 12.1. The van der Waals surface area contributed by atoms with Crippen LogP contribution in [-0.4, -0.2) is 21.6 Å². The smallest absolute Gasteiger partial charge is 0.269 e. The minimum Gasteiger partial charge on any atom is -0.325 e. The van der Waals surface area contributed by atoms with Gasteiger partial charge in [0.1, 0.15) is 4.70 Å². The molecule has 23 heavy (non-hydrogen) atoms. The van der Waals surface area contributed by atoms with Crippen molar-refractivity contribution in [3.63, 3.8) is 0 Å². The van der Waals surface area contributed by atoms with Crippen LogP contribution < -0.4 is 10.9 Å². The Morgan fingerprint density at radius 2 is 2.17 bits per heavy atom. The van der Waals surface area contributed by atoms with Crippen molar-refractivity contribution in [1.82, 2.24) is 9.97 Å². The Balaban J connectivity index is 1.67. The van der Waals surface area contributed by atoms with Crippen LogP contribution in [-0.2, 0) is 4.79 Å². The van der Waals surface area contributed by atoms with Crippen molar-refractivity contribution < 1.29 is 4.79 Å². The number of benzene rings is 1. The van der Waals surface area contributed by atoms with Crippen LogP contribution in [0.2, 0.25) is 0 Å². The molecule has 0 aliphatic carbocycles. The van der Waals surface area contributed by atoms with Crippen LogP contribution in [0.3, 0.4) is 0 Å². The van der Waals surface area contributed by atoms with Crippen molar-refractivity contribution in [3.8, 4) is 0 Å². The van der Waals surface area contributed by atoms with Crippen molar-refractivity contribution in [2.24, 2.45) is 0 Å². The predicted octanol–water partition coefficient (Wildman–Crippen LogP) is 3.33. The number of aromatic amines is 1. The lowest BCUT2D eigenvalue weighted by molar-refractivity contribution is -0.113. The third-order valence-corrected chi connectivity index (χ3v) is 5.06. The minimum atomic E-state index is -0.165. The largest absolute Gasteiger partial charge is 0.325 e. The van der Waals surface area contributed by atoms with E-state index in [0.717, 1.165) is 16.8 Å². The second-order valence-corrected chi connectivity index (χ2v) is 7.04. The number of aryl methyl sites for hydroxylation is 2. The number of carbonyl (C=O) groups excluding carboxylic acids is 1. The average molecular weight is 345 g/mol. The Morgan fingerprint density at radius 3 is 2.96 bits per heavy atom. The summed E-state index contributed by atoms with van der Waals surface area (Å²) in [5.41, 5.74) is 3.48. The maximum Gasteiger partial charge on any atom is 0.269 e. The van der Waals surface area contributed by atoms with Crippen molar-refractivity contribution in [1.29, 1.82) is 0 Å². The first kappa shape index (κ1) is 15.8. The van der Waals surface area contributed by atoms with Gasteiger partial charge in [-0.2, -0.15) is 0 Å². The molecule has 3 aromatic rings. The number of thioether (sulfide) groups is 1. The van der Waals surface area contributed by atoms with Gasteiger partial charge in [-0.15, -0.1) is 11.3 Å². The SMILES string of the molecule is Cc1ccc(NC(=O)CSc2nc3ccsc3c(=O)[nH]2)c(C)c1. The molecule has 0 bridgehead atoms. The number of hydrogen-bond acceptors (Lipinski definition) is 5. The fourth-order valence-corrected chi connectivity index (χ4v) is 3.59. The molecule has 1 aromatic carbocycles. The van der Waals surface area contributed by atoms with E-state index in [1.54, 1.807) is 6.07 Å². The van der Waals surface area contributed by atoms with Crippen LogP contribution in [0.4, 0.5) is 5.69 Å². The van der Waals surface area contributed by atoms with E-state index in [9.17, 15) is 9.59 Å². The molecule has 2 heterocycles. The monoisotopic (exact) mass is 345 g/mol. The Bertz CT molecular complexity index is 930. The number of hydrogen-bond donors (Lipinski definition) is 2. The molecule has 5 nitrogen and oxygen atoms in total. The highest BCUT2D eigenvalue weighted by atomic mass is 32.2. The van der Waals surface area contributed by atoms with E-state index in [1.807, 2.05) is 37.4 Å². The van der Waals surface area contributed by atoms with E-state index in [-0.39, 0.29) is 17.2 Å². The zero-order chi connectivity index (χ0) is 16.4. The summed E-state index contributed by atoms with van der Waals surface area (Å²) in [6, 6.07) is 7.67. The summed E-state index contributed by atoms with van der Waals surface area (Å²) in [5.74, 6) is 0.0568. The average Bonchev–Trinajstić information content (AvgIpc) is 2.97. The van der Waals surface area contributed by atoms with Crippen LogP contribution in [0, 0.1) is 13.8 Å². The van der Waals surface area contributed by atoms with E-state index < -0.39 is 0 Å². The van der Waals surface area contributed by atoms with Crippen molar-refractivity contribution in [2.45, 2.75) is 19.0 Å². The van der Waals surface area contributed by atoms with Crippen LogP contribution in [0.1, 0.15) is 11.1 Å². The molecule has 7 heteroatoms. The highest BCUT2D eigenvalue weighted by Gasteiger charge is 2.09. The number of aromatic nitrogens is 2. The minimum absolute atomic E-state index is 0.130. The molecule has 1 amide bonds. The number of carbonyl (C=O) groups is 1. The van der Waals surface area contributed by atoms with E-state index >= 15 is 0 Å². The zero-order valence-corrected chi connectivity index (χ0v) is 14.3. The Labute approximate surface area is 141 Å². The van der Waals surface area contributed by atoms with Crippen LogP contribution >= 0.6 is 23.1 Å². The number of nitrogens with one attached hydrogen (secondary N) is 2. The van der Waals surface area contributed by atoms with Gasteiger partial charge in [-0.25, -0.2) is 4.98 Å². The second kappa shape index (κ2) is 6.55. The standard InChI is InChI=1S/C16H15N3O2S2/c1-9-3-4-11(10(2)7-9)17-13(20)8-23-16-18-12-5-6-22-14(12)15(21)19-16/h3-7H,8H2,1-2H3,(H,17,20)(H,18,19,21). The quantitative estimate of drug-likeness (QED) is 0.562. The van der Waals surface area contributed by atoms with Crippen molar-refractivity contribution in [2.75, 3.05) is 11.1 Å². The molecule has 3 rings (SSSR count). The number of thiophene rings is 1. The molecule has 0 saturated carbocycles. The Kier molecular flexibility index (Phi) is 4.49. The van der Waals surface area contributed by atoms with Gasteiger partial charge < -0.3 is 10.3 Å². The molecule has 0 unspecified atom stereocenters. The molecule has 0 aliphatic heterocycles. The van der Waals surface area contributed by atoms with Crippen molar-refractivity contribution in [3.05, 3.63) is 51.1 Å². The van der Waals surface area contributed by atoms with Gasteiger partial charge in [0.05, 0.1) is 11.3 Å². The first-order valence-corrected chi connectivity index (χ1v) is 8.87.